The molecule has 0 aliphatic carbocycles. The maximum absolute atomic E-state index is 5.76. The SMILES string of the molecule is Cn1nc(C(C)(C)C)nc1-c1cn[nH]c1N. The van der Waals surface area contributed by atoms with Crippen molar-refractivity contribution in [3.05, 3.63) is 12.0 Å². The van der Waals surface area contributed by atoms with E-state index < -0.39 is 0 Å². The number of nitrogens with zero attached hydrogens (tertiary/aromatic N) is 4. The maximum Gasteiger partial charge on any atom is 0.163 e. The third kappa shape index (κ3) is 1.66. The van der Waals surface area contributed by atoms with E-state index >= 15 is 0 Å². The highest BCUT2D eigenvalue weighted by Crippen LogP contribution is 2.25. The summed E-state index contributed by atoms with van der Waals surface area (Å²) in [5.41, 5.74) is 6.47. The Morgan fingerprint density at radius 1 is 1.38 bits per heavy atom. The van der Waals surface area contributed by atoms with Crippen LogP contribution in [0.15, 0.2) is 6.20 Å². The van der Waals surface area contributed by atoms with Crippen LogP contribution in [0.25, 0.3) is 11.4 Å². The fourth-order valence-corrected chi connectivity index (χ4v) is 1.41. The summed E-state index contributed by atoms with van der Waals surface area (Å²) in [6.07, 6.45) is 1.66. The highest BCUT2D eigenvalue weighted by atomic mass is 15.3. The lowest BCUT2D eigenvalue weighted by Gasteiger charge is -2.11. The number of hydrogen-bond donors (Lipinski definition) is 2. The summed E-state index contributed by atoms with van der Waals surface area (Å²) in [5, 5.41) is 11.0. The van der Waals surface area contributed by atoms with Gasteiger partial charge in [-0.1, -0.05) is 20.8 Å². The van der Waals surface area contributed by atoms with E-state index in [1.807, 2.05) is 7.05 Å². The van der Waals surface area contributed by atoms with Crippen molar-refractivity contribution in [2.75, 3.05) is 5.73 Å². The monoisotopic (exact) mass is 220 g/mol. The molecule has 0 amide bonds. The van der Waals surface area contributed by atoms with E-state index in [0.29, 0.717) is 5.82 Å². The molecule has 0 radical (unpaired) electrons. The average molecular weight is 220 g/mol. The summed E-state index contributed by atoms with van der Waals surface area (Å²) in [7, 11) is 1.85. The number of hydrogen-bond acceptors (Lipinski definition) is 4. The van der Waals surface area contributed by atoms with Crippen molar-refractivity contribution in [3.8, 4) is 11.4 Å². The molecule has 6 nitrogen and oxygen atoms in total. The van der Waals surface area contributed by atoms with Crippen molar-refractivity contribution in [3.63, 3.8) is 0 Å². The highest BCUT2D eigenvalue weighted by Gasteiger charge is 2.22. The van der Waals surface area contributed by atoms with Gasteiger partial charge in [0.15, 0.2) is 11.6 Å². The minimum atomic E-state index is -0.0749. The van der Waals surface area contributed by atoms with Crippen molar-refractivity contribution in [1.29, 1.82) is 0 Å². The molecule has 0 bridgehead atoms. The molecule has 0 unspecified atom stereocenters. The Morgan fingerprint density at radius 2 is 2.06 bits per heavy atom. The number of H-pyrrole nitrogens is 1. The van der Waals surface area contributed by atoms with Gasteiger partial charge in [0.2, 0.25) is 0 Å². The minimum Gasteiger partial charge on any atom is -0.383 e. The van der Waals surface area contributed by atoms with E-state index in [1.54, 1.807) is 10.9 Å². The minimum absolute atomic E-state index is 0.0749. The quantitative estimate of drug-likeness (QED) is 0.753. The second-order valence-corrected chi connectivity index (χ2v) is 4.83. The molecule has 3 N–H and O–H groups in total. The van der Waals surface area contributed by atoms with Gasteiger partial charge in [0.1, 0.15) is 5.82 Å². The van der Waals surface area contributed by atoms with Crippen LogP contribution in [0.4, 0.5) is 5.82 Å². The third-order valence-corrected chi connectivity index (χ3v) is 2.34. The number of anilines is 1. The van der Waals surface area contributed by atoms with Crippen LogP contribution in [-0.4, -0.2) is 25.0 Å². The van der Waals surface area contributed by atoms with Crippen LogP contribution in [-0.2, 0) is 12.5 Å². The smallest absolute Gasteiger partial charge is 0.163 e. The lowest BCUT2D eigenvalue weighted by molar-refractivity contribution is 0.538. The average Bonchev–Trinajstić information content (AvgIpc) is 2.70. The third-order valence-electron chi connectivity index (χ3n) is 2.34. The summed E-state index contributed by atoms with van der Waals surface area (Å²) in [6.45, 7) is 6.22. The molecule has 0 aliphatic heterocycles. The Hall–Kier alpha value is -1.85. The molecule has 0 spiro atoms. The van der Waals surface area contributed by atoms with Gasteiger partial charge < -0.3 is 5.73 Å². The van der Waals surface area contributed by atoms with Crippen LogP contribution in [0.5, 0.6) is 0 Å². The summed E-state index contributed by atoms with van der Waals surface area (Å²) in [4.78, 5) is 4.50. The Kier molecular flexibility index (Phi) is 2.22. The molecular formula is C10H16N6. The van der Waals surface area contributed by atoms with Gasteiger partial charge in [-0.05, 0) is 0 Å². The van der Waals surface area contributed by atoms with Gasteiger partial charge in [0.05, 0.1) is 11.8 Å². The number of nitrogen functional groups attached to an aromatic ring is 1. The van der Waals surface area contributed by atoms with Crippen molar-refractivity contribution < 1.29 is 0 Å². The summed E-state index contributed by atoms with van der Waals surface area (Å²) < 4.78 is 1.72. The van der Waals surface area contributed by atoms with Gasteiger partial charge in [-0.3, -0.25) is 5.10 Å². The molecule has 0 aliphatic rings. The van der Waals surface area contributed by atoms with Crippen LogP contribution in [0, 0.1) is 0 Å². The van der Waals surface area contributed by atoms with Gasteiger partial charge in [-0.2, -0.15) is 10.2 Å². The number of aromatic amines is 1. The highest BCUT2D eigenvalue weighted by molar-refractivity contribution is 5.67. The molecule has 0 saturated carbocycles. The zero-order valence-electron chi connectivity index (χ0n) is 9.94. The lowest BCUT2D eigenvalue weighted by atomic mass is 9.96. The predicted molar refractivity (Wildman–Crippen MR) is 61.7 cm³/mol. The van der Waals surface area contributed by atoms with Gasteiger partial charge in [0.25, 0.3) is 0 Å². The van der Waals surface area contributed by atoms with E-state index in [0.717, 1.165) is 17.2 Å². The zero-order valence-corrected chi connectivity index (χ0v) is 9.94. The second-order valence-electron chi connectivity index (χ2n) is 4.83. The lowest BCUT2D eigenvalue weighted by Crippen LogP contribution is -2.13. The number of rotatable bonds is 1. The summed E-state index contributed by atoms with van der Waals surface area (Å²) >= 11 is 0. The van der Waals surface area contributed by atoms with Crippen LogP contribution >= 0.6 is 0 Å². The Labute approximate surface area is 93.9 Å². The number of aromatic nitrogens is 5. The fourth-order valence-electron chi connectivity index (χ4n) is 1.41. The molecule has 2 aromatic rings. The van der Waals surface area contributed by atoms with Gasteiger partial charge in [0, 0.05) is 12.5 Å². The molecule has 0 fully saturated rings. The first-order chi connectivity index (χ1) is 7.39. The van der Waals surface area contributed by atoms with E-state index in [1.165, 1.54) is 0 Å². The van der Waals surface area contributed by atoms with E-state index in [9.17, 15) is 0 Å². The maximum atomic E-state index is 5.76. The fraction of sp³-hybridized carbons (Fsp3) is 0.500. The Bertz CT molecular complexity index is 502. The first-order valence-corrected chi connectivity index (χ1v) is 5.10. The van der Waals surface area contributed by atoms with Crippen LogP contribution in [0.3, 0.4) is 0 Å². The molecule has 0 atom stereocenters. The number of nitrogens with two attached hydrogens (primary N) is 1. The molecule has 0 saturated heterocycles. The molecule has 2 heterocycles. The molecule has 16 heavy (non-hydrogen) atoms. The van der Waals surface area contributed by atoms with Crippen LogP contribution in [0.2, 0.25) is 0 Å². The second kappa shape index (κ2) is 3.33. The van der Waals surface area contributed by atoms with Gasteiger partial charge in [-0.15, -0.1) is 0 Å². The topological polar surface area (TPSA) is 85.4 Å². The van der Waals surface area contributed by atoms with E-state index in [-0.39, 0.29) is 5.41 Å². The van der Waals surface area contributed by atoms with Crippen molar-refractivity contribution in [2.45, 2.75) is 26.2 Å². The Morgan fingerprint density at radius 3 is 2.50 bits per heavy atom. The molecule has 2 rings (SSSR count). The van der Waals surface area contributed by atoms with Gasteiger partial charge in [-0.25, -0.2) is 9.67 Å². The number of nitrogens with one attached hydrogen (secondary N) is 1. The van der Waals surface area contributed by atoms with E-state index in [4.69, 9.17) is 5.73 Å². The van der Waals surface area contributed by atoms with Crippen molar-refractivity contribution in [2.24, 2.45) is 7.05 Å². The molecule has 2 aromatic heterocycles. The molecule has 6 heteroatoms. The van der Waals surface area contributed by atoms with Crippen LogP contribution < -0.4 is 5.73 Å². The summed E-state index contributed by atoms with van der Waals surface area (Å²) in [5.74, 6) is 2.04. The largest absolute Gasteiger partial charge is 0.383 e. The summed E-state index contributed by atoms with van der Waals surface area (Å²) in [6, 6.07) is 0. The van der Waals surface area contributed by atoms with Crippen LogP contribution in [0.1, 0.15) is 26.6 Å². The zero-order chi connectivity index (χ0) is 11.9. The normalized spacial score (nSPS) is 12.0. The predicted octanol–water partition coefficient (Wildman–Crippen LogP) is 1.08. The molecular weight excluding hydrogens is 204 g/mol. The van der Waals surface area contributed by atoms with Crippen molar-refractivity contribution >= 4 is 5.82 Å². The molecule has 0 aromatic carbocycles. The Balaban J connectivity index is 2.52. The van der Waals surface area contributed by atoms with Gasteiger partial charge >= 0.3 is 0 Å². The first-order valence-electron chi connectivity index (χ1n) is 5.10. The van der Waals surface area contributed by atoms with E-state index in [2.05, 4.69) is 41.1 Å². The standard InChI is InChI=1S/C10H16N6/c1-10(2,3)9-13-8(16(4)15-9)6-5-12-14-7(6)11/h5H,1-4H3,(H3,11,12,14). The molecule has 86 valence electrons. The van der Waals surface area contributed by atoms with Crippen molar-refractivity contribution in [1.82, 2.24) is 25.0 Å². The first kappa shape index (κ1) is 10.7. The number of aryl methyl sites for hydroxylation is 1.